The molecule has 4 nitrogen and oxygen atoms in total. The van der Waals surface area contributed by atoms with Gasteiger partial charge in [-0.3, -0.25) is 9.78 Å². The van der Waals surface area contributed by atoms with Crippen LogP contribution in [0.2, 0.25) is 0 Å². The van der Waals surface area contributed by atoms with E-state index in [-0.39, 0.29) is 11.9 Å². The van der Waals surface area contributed by atoms with E-state index in [4.69, 9.17) is 5.73 Å². The van der Waals surface area contributed by atoms with Gasteiger partial charge in [0.2, 0.25) is 0 Å². The first-order chi connectivity index (χ1) is 9.74. The Hall–Kier alpha value is -2.20. The van der Waals surface area contributed by atoms with Crippen LogP contribution in [0.25, 0.3) is 11.1 Å². The smallest absolute Gasteiger partial charge is 0.253 e. The first-order valence-electron chi connectivity index (χ1n) is 6.79. The number of carbonyl (C=O) groups is 1. The number of nitrogens with zero attached hydrogens (tertiary/aromatic N) is 2. The number of carbonyl (C=O) groups excluding carboxylic acids is 1. The molecule has 1 aromatic carbocycles. The van der Waals surface area contributed by atoms with E-state index in [1.165, 1.54) is 0 Å². The highest BCUT2D eigenvalue weighted by Gasteiger charge is 2.24. The van der Waals surface area contributed by atoms with Crippen molar-refractivity contribution in [2.24, 2.45) is 5.73 Å². The molecule has 20 heavy (non-hydrogen) atoms. The lowest BCUT2D eigenvalue weighted by Gasteiger charge is -2.15. The Morgan fingerprint density at radius 2 is 1.75 bits per heavy atom. The third-order valence-corrected chi connectivity index (χ3v) is 3.66. The second-order valence-corrected chi connectivity index (χ2v) is 5.11. The topological polar surface area (TPSA) is 59.2 Å². The van der Waals surface area contributed by atoms with Crippen LogP contribution in [-0.2, 0) is 0 Å². The van der Waals surface area contributed by atoms with Gasteiger partial charge in [0.1, 0.15) is 0 Å². The summed E-state index contributed by atoms with van der Waals surface area (Å²) in [6, 6.07) is 11.7. The number of nitrogens with two attached hydrogens (primary N) is 1. The summed E-state index contributed by atoms with van der Waals surface area (Å²) in [6.45, 7) is 1.41. The van der Waals surface area contributed by atoms with Crippen molar-refractivity contribution in [2.45, 2.75) is 12.5 Å². The predicted molar refractivity (Wildman–Crippen MR) is 78.2 cm³/mol. The van der Waals surface area contributed by atoms with Gasteiger partial charge in [-0.2, -0.15) is 0 Å². The molecule has 1 amide bonds. The molecule has 0 bridgehead atoms. The van der Waals surface area contributed by atoms with E-state index < -0.39 is 0 Å². The number of hydrogen-bond donors (Lipinski definition) is 1. The standard InChI is InChI=1S/C16H17N3O/c17-15-7-10-19(11-15)16(20)14-3-1-12(2-4-14)13-5-8-18-9-6-13/h1-6,8-9,15H,7,10-11,17H2/t15-/m1/s1. The Morgan fingerprint density at radius 3 is 2.35 bits per heavy atom. The van der Waals surface area contributed by atoms with E-state index in [1.807, 2.05) is 41.3 Å². The Kier molecular flexibility index (Phi) is 3.48. The highest BCUT2D eigenvalue weighted by atomic mass is 16.2. The van der Waals surface area contributed by atoms with Crippen LogP contribution in [0.4, 0.5) is 0 Å². The fourth-order valence-electron chi connectivity index (χ4n) is 2.50. The van der Waals surface area contributed by atoms with Crippen molar-refractivity contribution < 1.29 is 4.79 Å². The summed E-state index contributed by atoms with van der Waals surface area (Å²) in [7, 11) is 0. The molecule has 1 aliphatic rings. The van der Waals surface area contributed by atoms with Crippen LogP contribution >= 0.6 is 0 Å². The van der Waals surface area contributed by atoms with Crippen molar-refractivity contribution in [3.63, 3.8) is 0 Å². The molecule has 1 aromatic heterocycles. The van der Waals surface area contributed by atoms with E-state index >= 15 is 0 Å². The summed E-state index contributed by atoms with van der Waals surface area (Å²) < 4.78 is 0. The van der Waals surface area contributed by atoms with E-state index in [0.717, 1.165) is 29.7 Å². The Morgan fingerprint density at radius 1 is 1.10 bits per heavy atom. The highest BCUT2D eigenvalue weighted by Crippen LogP contribution is 2.20. The number of pyridine rings is 1. The number of hydrogen-bond acceptors (Lipinski definition) is 3. The van der Waals surface area contributed by atoms with E-state index in [0.29, 0.717) is 6.54 Å². The van der Waals surface area contributed by atoms with Crippen molar-refractivity contribution >= 4 is 5.91 Å². The predicted octanol–water partition coefficient (Wildman–Crippen LogP) is 1.92. The van der Waals surface area contributed by atoms with Crippen LogP contribution in [0, 0.1) is 0 Å². The van der Waals surface area contributed by atoms with Crippen LogP contribution in [0.5, 0.6) is 0 Å². The first kappa shape index (κ1) is 12.8. The molecule has 4 heteroatoms. The van der Waals surface area contributed by atoms with Crippen molar-refractivity contribution in [1.29, 1.82) is 0 Å². The van der Waals surface area contributed by atoms with Crippen molar-refractivity contribution in [3.05, 3.63) is 54.4 Å². The van der Waals surface area contributed by atoms with E-state index in [2.05, 4.69) is 4.98 Å². The molecule has 0 radical (unpaired) electrons. The maximum Gasteiger partial charge on any atom is 0.253 e. The second-order valence-electron chi connectivity index (χ2n) is 5.11. The molecule has 0 unspecified atom stereocenters. The molecule has 1 saturated heterocycles. The van der Waals surface area contributed by atoms with Gasteiger partial charge in [-0.15, -0.1) is 0 Å². The SMILES string of the molecule is N[C@@H]1CCN(C(=O)c2ccc(-c3ccncc3)cc2)C1. The average molecular weight is 267 g/mol. The van der Waals surface area contributed by atoms with Gasteiger partial charge in [-0.05, 0) is 41.8 Å². The molecule has 0 spiro atoms. The van der Waals surface area contributed by atoms with Crippen molar-refractivity contribution in [2.75, 3.05) is 13.1 Å². The molecule has 102 valence electrons. The number of rotatable bonds is 2. The first-order valence-corrected chi connectivity index (χ1v) is 6.79. The van der Waals surface area contributed by atoms with Gasteiger partial charge in [0.25, 0.3) is 5.91 Å². The minimum absolute atomic E-state index is 0.0687. The molecule has 2 heterocycles. The fourth-order valence-corrected chi connectivity index (χ4v) is 2.50. The molecule has 1 aliphatic heterocycles. The van der Waals surface area contributed by atoms with Gasteiger partial charge in [0.05, 0.1) is 0 Å². The van der Waals surface area contributed by atoms with E-state index in [1.54, 1.807) is 12.4 Å². The van der Waals surface area contributed by atoms with Gasteiger partial charge in [-0.1, -0.05) is 12.1 Å². The molecule has 3 rings (SSSR count). The van der Waals surface area contributed by atoms with E-state index in [9.17, 15) is 4.79 Å². The third-order valence-electron chi connectivity index (χ3n) is 3.66. The lowest BCUT2D eigenvalue weighted by atomic mass is 10.0. The molecule has 2 N–H and O–H groups in total. The Balaban J connectivity index is 1.78. The normalized spacial score (nSPS) is 18.2. The summed E-state index contributed by atoms with van der Waals surface area (Å²) in [5.41, 5.74) is 8.75. The Bertz CT molecular complexity index is 595. The quantitative estimate of drug-likeness (QED) is 0.904. The van der Waals surface area contributed by atoms with Crippen LogP contribution in [0.1, 0.15) is 16.8 Å². The minimum atomic E-state index is 0.0687. The lowest BCUT2D eigenvalue weighted by molar-refractivity contribution is 0.0791. The van der Waals surface area contributed by atoms with Crippen molar-refractivity contribution in [3.8, 4) is 11.1 Å². The summed E-state index contributed by atoms with van der Waals surface area (Å²) in [4.78, 5) is 18.1. The fraction of sp³-hybridized carbons (Fsp3) is 0.250. The molecule has 2 aromatic rings. The van der Waals surface area contributed by atoms with Gasteiger partial charge in [-0.25, -0.2) is 0 Å². The summed E-state index contributed by atoms with van der Waals surface area (Å²) in [5, 5.41) is 0. The minimum Gasteiger partial charge on any atom is -0.337 e. The number of benzene rings is 1. The van der Waals surface area contributed by atoms with Gasteiger partial charge < -0.3 is 10.6 Å². The molecule has 1 atom stereocenters. The maximum absolute atomic E-state index is 12.3. The molecule has 1 fully saturated rings. The molecular formula is C16H17N3O. The third kappa shape index (κ3) is 2.56. The largest absolute Gasteiger partial charge is 0.337 e. The van der Waals surface area contributed by atoms with Crippen LogP contribution in [-0.4, -0.2) is 34.9 Å². The van der Waals surface area contributed by atoms with Gasteiger partial charge in [0.15, 0.2) is 0 Å². The number of aromatic nitrogens is 1. The molecule has 0 aliphatic carbocycles. The lowest BCUT2D eigenvalue weighted by Crippen LogP contribution is -2.31. The zero-order valence-corrected chi connectivity index (χ0v) is 11.2. The van der Waals surface area contributed by atoms with Crippen molar-refractivity contribution in [1.82, 2.24) is 9.88 Å². The van der Waals surface area contributed by atoms with Gasteiger partial charge in [0, 0.05) is 37.1 Å². The average Bonchev–Trinajstić information content (AvgIpc) is 2.94. The zero-order chi connectivity index (χ0) is 13.9. The summed E-state index contributed by atoms with van der Waals surface area (Å²) >= 11 is 0. The summed E-state index contributed by atoms with van der Waals surface area (Å²) in [6.07, 6.45) is 4.42. The number of likely N-dealkylation sites (tertiary alicyclic amines) is 1. The molecule has 0 saturated carbocycles. The Labute approximate surface area is 118 Å². The molecular weight excluding hydrogens is 250 g/mol. The van der Waals surface area contributed by atoms with Crippen LogP contribution < -0.4 is 5.73 Å². The monoisotopic (exact) mass is 267 g/mol. The summed E-state index contributed by atoms with van der Waals surface area (Å²) in [5.74, 6) is 0.0687. The van der Waals surface area contributed by atoms with Crippen LogP contribution in [0.15, 0.2) is 48.8 Å². The zero-order valence-electron chi connectivity index (χ0n) is 11.2. The highest BCUT2D eigenvalue weighted by molar-refractivity contribution is 5.95. The number of amides is 1. The van der Waals surface area contributed by atoms with Crippen LogP contribution in [0.3, 0.4) is 0 Å². The second kappa shape index (κ2) is 5.43. The van der Waals surface area contributed by atoms with Gasteiger partial charge >= 0.3 is 0 Å². The maximum atomic E-state index is 12.3.